The molecule has 0 saturated carbocycles. The summed E-state index contributed by atoms with van der Waals surface area (Å²) in [6.07, 6.45) is 4.00. The number of hydrogen-bond donors (Lipinski definition) is 0. The Morgan fingerprint density at radius 3 is 2.76 bits per heavy atom. The number of ether oxygens (including phenoxy) is 1. The molecule has 0 N–H and O–H groups in total. The molecule has 4 heterocycles. The van der Waals surface area contributed by atoms with E-state index in [1.165, 1.54) is 5.56 Å². The van der Waals surface area contributed by atoms with Crippen molar-refractivity contribution in [2.24, 2.45) is 0 Å². The van der Waals surface area contributed by atoms with Gasteiger partial charge in [0.1, 0.15) is 5.82 Å². The summed E-state index contributed by atoms with van der Waals surface area (Å²) < 4.78 is 11.1. The maximum atomic E-state index is 5.70. The van der Waals surface area contributed by atoms with Crippen LogP contribution in [0.15, 0.2) is 53.2 Å². The number of rotatable bonds is 5. The van der Waals surface area contributed by atoms with Gasteiger partial charge in [-0.2, -0.15) is 4.98 Å². The Labute approximate surface area is 170 Å². The molecule has 3 aromatic rings. The summed E-state index contributed by atoms with van der Waals surface area (Å²) in [5, 5.41) is 4.27. The molecule has 150 valence electrons. The van der Waals surface area contributed by atoms with Crippen molar-refractivity contribution < 1.29 is 9.26 Å². The number of hydrogen-bond acceptors (Lipinski definition) is 7. The summed E-state index contributed by atoms with van der Waals surface area (Å²) in [7, 11) is 0. The van der Waals surface area contributed by atoms with E-state index in [1.807, 2.05) is 18.3 Å². The van der Waals surface area contributed by atoms with Crippen molar-refractivity contribution in [3.05, 3.63) is 60.1 Å². The topological polar surface area (TPSA) is 67.5 Å². The number of aromatic nitrogens is 3. The van der Waals surface area contributed by atoms with Crippen molar-refractivity contribution in [2.75, 3.05) is 37.7 Å². The molecule has 0 bridgehead atoms. The van der Waals surface area contributed by atoms with Crippen LogP contribution in [0.5, 0.6) is 0 Å². The number of pyridine rings is 1. The molecular weight excluding hydrogens is 366 g/mol. The van der Waals surface area contributed by atoms with Gasteiger partial charge in [-0.3, -0.25) is 4.90 Å². The molecule has 0 unspecified atom stereocenters. The largest absolute Gasteiger partial charge is 0.378 e. The number of likely N-dealkylation sites (tertiary alicyclic amines) is 1. The van der Waals surface area contributed by atoms with Gasteiger partial charge in [0.2, 0.25) is 11.7 Å². The predicted octanol–water partition coefficient (Wildman–Crippen LogP) is 3.31. The van der Waals surface area contributed by atoms with Gasteiger partial charge in [-0.25, -0.2) is 4.98 Å². The second kappa shape index (κ2) is 8.31. The van der Waals surface area contributed by atoms with Crippen LogP contribution in [-0.4, -0.2) is 52.9 Å². The van der Waals surface area contributed by atoms with E-state index in [1.54, 1.807) is 0 Å². The Balaban J connectivity index is 1.34. The van der Waals surface area contributed by atoms with E-state index in [2.05, 4.69) is 50.3 Å². The van der Waals surface area contributed by atoms with Gasteiger partial charge in [-0.05, 0) is 37.1 Å². The Bertz CT molecular complexity index is 939. The molecule has 0 amide bonds. The van der Waals surface area contributed by atoms with Crippen LogP contribution in [0.3, 0.4) is 0 Å². The Morgan fingerprint density at radius 2 is 1.90 bits per heavy atom. The highest BCUT2D eigenvalue weighted by atomic mass is 16.5. The van der Waals surface area contributed by atoms with Gasteiger partial charge >= 0.3 is 0 Å². The van der Waals surface area contributed by atoms with E-state index in [0.717, 1.165) is 63.6 Å². The number of morpholine rings is 1. The lowest BCUT2D eigenvalue weighted by atomic mass is 10.2. The van der Waals surface area contributed by atoms with Crippen LogP contribution < -0.4 is 4.90 Å². The van der Waals surface area contributed by atoms with Gasteiger partial charge in [0.25, 0.3) is 0 Å². The Kier molecular flexibility index (Phi) is 5.23. The van der Waals surface area contributed by atoms with Crippen LogP contribution in [-0.2, 0) is 11.3 Å². The number of nitrogens with zero attached hydrogens (tertiary/aromatic N) is 5. The number of benzene rings is 1. The first-order chi connectivity index (χ1) is 14.4. The minimum Gasteiger partial charge on any atom is -0.378 e. The lowest BCUT2D eigenvalue weighted by Gasteiger charge is -2.27. The average Bonchev–Trinajstić information content (AvgIpc) is 3.45. The van der Waals surface area contributed by atoms with Gasteiger partial charge in [-0.1, -0.05) is 35.5 Å². The highest BCUT2D eigenvalue weighted by Gasteiger charge is 2.31. The second-order valence-corrected chi connectivity index (χ2v) is 7.57. The molecule has 0 aliphatic carbocycles. The van der Waals surface area contributed by atoms with Crippen molar-refractivity contribution in [1.29, 1.82) is 0 Å². The predicted molar refractivity (Wildman–Crippen MR) is 109 cm³/mol. The van der Waals surface area contributed by atoms with Crippen LogP contribution >= 0.6 is 0 Å². The van der Waals surface area contributed by atoms with Crippen molar-refractivity contribution in [1.82, 2.24) is 20.0 Å². The Hall–Kier alpha value is -2.77. The lowest BCUT2D eigenvalue weighted by Crippen LogP contribution is -2.36. The van der Waals surface area contributed by atoms with E-state index in [9.17, 15) is 0 Å². The summed E-state index contributed by atoms with van der Waals surface area (Å²) in [6, 6.07) is 14.7. The zero-order chi connectivity index (χ0) is 19.5. The molecular formula is C22H25N5O2. The molecule has 7 heteroatoms. The van der Waals surface area contributed by atoms with E-state index in [-0.39, 0.29) is 6.04 Å². The molecule has 5 rings (SSSR count). The zero-order valence-electron chi connectivity index (χ0n) is 16.4. The summed E-state index contributed by atoms with van der Waals surface area (Å²) in [5.74, 6) is 2.27. The number of anilines is 1. The van der Waals surface area contributed by atoms with E-state index in [0.29, 0.717) is 11.7 Å². The second-order valence-electron chi connectivity index (χ2n) is 7.57. The van der Waals surface area contributed by atoms with Crippen molar-refractivity contribution in [3.63, 3.8) is 0 Å². The summed E-state index contributed by atoms with van der Waals surface area (Å²) in [5.41, 5.74) is 2.24. The van der Waals surface area contributed by atoms with Gasteiger partial charge in [-0.15, -0.1) is 0 Å². The minimum absolute atomic E-state index is 0.178. The quantitative estimate of drug-likeness (QED) is 0.661. The van der Waals surface area contributed by atoms with E-state index in [4.69, 9.17) is 14.2 Å². The van der Waals surface area contributed by atoms with Crippen LogP contribution in [0.4, 0.5) is 5.82 Å². The third-order valence-corrected chi connectivity index (χ3v) is 5.66. The smallest absolute Gasteiger partial charge is 0.244 e. The normalized spacial score (nSPS) is 20.3. The third kappa shape index (κ3) is 4.02. The fraction of sp³-hybridized carbons (Fsp3) is 0.409. The van der Waals surface area contributed by atoms with Crippen molar-refractivity contribution in [3.8, 4) is 11.4 Å². The molecule has 2 aromatic heterocycles. The summed E-state index contributed by atoms with van der Waals surface area (Å²) >= 11 is 0. The van der Waals surface area contributed by atoms with Gasteiger partial charge in [0.05, 0.1) is 19.3 Å². The average molecular weight is 391 g/mol. The molecule has 0 radical (unpaired) electrons. The highest BCUT2D eigenvalue weighted by Crippen LogP contribution is 2.33. The molecule has 29 heavy (non-hydrogen) atoms. The van der Waals surface area contributed by atoms with Gasteiger partial charge in [0, 0.05) is 31.4 Å². The molecule has 0 spiro atoms. The first-order valence-corrected chi connectivity index (χ1v) is 10.3. The first-order valence-electron chi connectivity index (χ1n) is 10.3. The first kappa shape index (κ1) is 18.3. The highest BCUT2D eigenvalue weighted by molar-refractivity contribution is 5.59. The fourth-order valence-corrected chi connectivity index (χ4v) is 4.12. The van der Waals surface area contributed by atoms with Crippen molar-refractivity contribution >= 4 is 5.82 Å². The van der Waals surface area contributed by atoms with Gasteiger partial charge < -0.3 is 14.2 Å². The van der Waals surface area contributed by atoms with E-state index < -0.39 is 0 Å². The van der Waals surface area contributed by atoms with Crippen LogP contribution in [0.1, 0.15) is 30.3 Å². The minimum atomic E-state index is 0.178. The zero-order valence-corrected chi connectivity index (χ0v) is 16.4. The lowest BCUT2D eigenvalue weighted by molar-refractivity contribution is 0.122. The van der Waals surface area contributed by atoms with Crippen LogP contribution in [0.2, 0.25) is 0 Å². The third-order valence-electron chi connectivity index (χ3n) is 5.66. The molecule has 2 saturated heterocycles. The van der Waals surface area contributed by atoms with Crippen molar-refractivity contribution in [2.45, 2.75) is 25.4 Å². The SMILES string of the molecule is c1ccc(CN2CCC[C@H]2c2nc(-c3ccnc(N4CCOCC4)c3)no2)cc1. The fourth-order valence-electron chi connectivity index (χ4n) is 4.12. The van der Waals surface area contributed by atoms with Gasteiger partial charge in [0.15, 0.2) is 0 Å². The molecule has 7 nitrogen and oxygen atoms in total. The molecule has 2 aliphatic rings. The molecule has 1 aromatic carbocycles. The molecule has 1 atom stereocenters. The standard InChI is InChI=1S/C22H25N5O2/c1-2-5-17(6-3-1)16-27-10-4-7-19(27)22-24-21(25-29-22)18-8-9-23-20(15-18)26-11-13-28-14-12-26/h1-3,5-6,8-9,15,19H,4,7,10-14,16H2/t19-/m0/s1. The maximum Gasteiger partial charge on any atom is 0.244 e. The molecule has 2 fully saturated rings. The molecule has 2 aliphatic heterocycles. The summed E-state index contributed by atoms with van der Waals surface area (Å²) in [4.78, 5) is 13.9. The van der Waals surface area contributed by atoms with Crippen LogP contribution in [0, 0.1) is 0 Å². The van der Waals surface area contributed by atoms with E-state index >= 15 is 0 Å². The maximum absolute atomic E-state index is 5.70. The summed E-state index contributed by atoms with van der Waals surface area (Å²) in [6.45, 7) is 5.12. The van der Waals surface area contributed by atoms with Crippen LogP contribution in [0.25, 0.3) is 11.4 Å². The Morgan fingerprint density at radius 1 is 1.03 bits per heavy atom. The monoisotopic (exact) mass is 391 g/mol.